The van der Waals surface area contributed by atoms with Crippen molar-refractivity contribution in [3.8, 4) is 11.3 Å². The molecule has 5 rings (SSSR count). The molecule has 0 spiro atoms. The summed E-state index contributed by atoms with van der Waals surface area (Å²) in [5, 5.41) is 13.6. The van der Waals surface area contributed by atoms with Crippen LogP contribution < -0.4 is 9.80 Å². The van der Waals surface area contributed by atoms with E-state index < -0.39 is 0 Å². The van der Waals surface area contributed by atoms with Crippen LogP contribution in [0, 0.1) is 0 Å². The van der Waals surface area contributed by atoms with Crippen LogP contribution in [0.15, 0.2) is 49.1 Å². The van der Waals surface area contributed by atoms with E-state index in [0.717, 1.165) is 60.3 Å². The van der Waals surface area contributed by atoms with Crippen molar-refractivity contribution in [2.24, 2.45) is 0 Å². The smallest absolute Gasteiger partial charge is 0.177 e. The third-order valence-corrected chi connectivity index (χ3v) is 5.52. The van der Waals surface area contributed by atoms with E-state index in [0.29, 0.717) is 5.92 Å². The summed E-state index contributed by atoms with van der Waals surface area (Å²) >= 11 is 0. The number of piperidine rings is 1. The lowest BCUT2D eigenvalue weighted by Gasteiger charge is -2.32. The Morgan fingerprint density at radius 1 is 1.03 bits per heavy atom. The standard InChI is InChI=1S/C21H23N9/c1-28(2)19-12-20(24-14-23-19)29-10-7-15(8-11-29)21-26-25-18-6-5-17(27-30(18)21)16-4-3-9-22-13-16/h3-6,9,12-15H,7-8,10-11H2,1-2H3. The lowest BCUT2D eigenvalue weighted by molar-refractivity contribution is 0.475. The minimum absolute atomic E-state index is 0.308. The van der Waals surface area contributed by atoms with Gasteiger partial charge in [-0.3, -0.25) is 4.98 Å². The summed E-state index contributed by atoms with van der Waals surface area (Å²) < 4.78 is 1.89. The molecule has 9 nitrogen and oxygen atoms in total. The third-order valence-electron chi connectivity index (χ3n) is 5.52. The number of aromatic nitrogens is 7. The van der Waals surface area contributed by atoms with Crippen LogP contribution in [0.4, 0.5) is 11.6 Å². The second kappa shape index (κ2) is 7.66. The summed E-state index contributed by atoms with van der Waals surface area (Å²) in [6, 6.07) is 9.89. The van der Waals surface area contributed by atoms with Crippen LogP contribution in [0.1, 0.15) is 24.6 Å². The average molecular weight is 401 g/mol. The van der Waals surface area contributed by atoms with E-state index in [-0.39, 0.29) is 0 Å². The molecule has 1 saturated heterocycles. The quantitative estimate of drug-likeness (QED) is 0.515. The largest absolute Gasteiger partial charge is 0.363 e. The van der Waals surface area contributed by atoms with E-state index >= 15 is 0 Å². The Hall–Kier alpha value is -3.62. The van der Waals surface area contributed by atoms with Crippen molar-refractivity contribution in [2.75, 3.05) is 37.0 Å². The van der Waals surface area contributed by atoms with Gasteiger partial charge in [0, 0.05) is 57.1 Å². The van der Waals surface area contributed by atoms with Crippen LogP contribution in [0.2, 0.25) is 0 Å². The summed E-state index contributed by atoms with van der Waals surface area (Å²) in [5.41, 5.74) is 2.62. The van der Waals surface area contributed by atoms with Crippen LogP contribution in [-0.4, -0.2) is 61.9 Å². The summed E-state index contributed by atoms with van der Waals surface area (Å²) in [6.07, 6.45) is 7.16. The first kappa shape index (κ1) is 18.4. The van der Waals surface area contributed by atoms with Crippen molar-refractivity contribution >= 4 is 17.3 Å². The lowest BCUT2D eigenvalue weighted by atomic mass is 9.96. The van der Waals surface area contributed by atoms with Crippen molar-refractivity contribution in [2.45, 2.75) is 18.8 Å². The van der Waals surface area contributed by atoms with Crippen LogP contribution in [0.3, 0.4) is 0 Å². The molecule has 0 radical (unpaired) electrons. The number of hydrogen-bond acceptors (Lipinski definition) is 8. The number of anilines is 2. The molecule has 4 aromatic rings. The maximum Gasteiger partial charge on any atom is 0.177 e. The number of nitrogens with zero attached hydrogens (tertiary/aromatic N) is 9. The van der Waals surface area contributed by atoms with Gasteiger partial charge < -0.3 is 9.80 Å². The molecular formula is C21H23N9. The number of fused-ring (bicyclic) bond motifs is 1. The molecule has 0 aromatic carbocycles. The van der Waals surface area contributed by atoms with E-state index in [1.807, 2.05) is 60.0 Å². The van der Waals surface area contributed by atoms with Gasteiger partial charge in [-0.2, -0.15) is 9.61 Å². The third kappa shape index (κ3) is 3.42. The van der Waals surface area contributed by atoms with Gasteiger partial charge in [0.05, 0.1) is 5.69 Å². The Labute approximate surface area is 174 Å². The molecule has 0 atom stereocenters. The van der Waals surface area contributed by atoms with Crippen LogP contribution >= 0.6 is 0 Å². The van der Waals surface area contributed by atoms with Gasteiger partial charge in [0.15, 0.2) is 11.5 Å². The molecule has 30 heavy (non-hydrogen) atoms. The Bertz CT molecular complexity index is 1150. The highest BCUT2D eigenvalue weighted by Gasteiger charge is 2.26. The van der Waals surface area contributed by atoms with Crippen LogP contribution in [0.25, 0.3) is 16.9 Å². The molecule has 4 aromatic heterocycles. The van der Waals surface area contributed by atoms with Crippen molar-refractivity contribution in [1.82, 2.24) is 34.8 Å². The van der Waals surface area contributed by atoms with Gasteiger partial charge in [0.1, 0.15) is 18.0 Å². The summed E-state index contributed by atoms with van der Waals surface area (Å²) in [5.74, 6) is 3.11. The Balaban J connectivity index is 1.37. The SMILES string of the molecule is CN(C)c1cc(N2CCC(c3nnc4ccc(-c5cccnc5)nn34)CC2)ncn1. The highest BCUT2D eigenvalue weighted by molar-refractivity contribution is 5.59. The van der Waals surface area contributed by atoms with Crippen molar-refractivity contribution in [3.63, 3.8) is 0 Å². The Morgan fingerprint density at radius 2 is 1.90 bits per heavy atom. The van der Waals surface area contributed by atoms with Gasteiger partial charge in [-0.1, -0.05) is 0 Å². The molecule has 0 amide bonds. The van der Waals surface area contributed by atoms with Crippen LogP contribution in [-0.2, 0) is 0 Å². The molecule has 9 heteroatoms. The molecule has 5 heterocycles. The predicted molar refractivity (Wildman–Crippen MR) is 115 cm³/mol. The number of hydrogen-bond donors (Lipinski definition) is 0. The van der Waals surface area contributed by atoms with E-state index in [2.05, 4.69) is 30.0 Å². The summed E-state index contributed by atoms with van der Waals surface area (Å²) in [4.78, 5) is 17.3. The first-order chi connectivity index (χ1) is 14.7. The first-order valence-electron chi connectivity index (χ1n) is 10.1. The van der Waals surface area contributed by atoms with Crippen molar-refractivity contribution in [1.29, 1.82) is 0 Å². The molecule has 0 unspecified atom stereocenters. The molecule has 152 valence electrons. The van der Waals surface area contributed by atoms with Gasteiger partial charge in [-0.15, -0.1) is 10.2 Å². The molecule has 1 aliphatic rings. The minimum atomic E-state index is 0.308. The van der Waals surface area contributed by atoms with Gasteiger partial charge >= 0.3 is 0 Å². The molecule has 1 aliphatic heterocycles. The Morgan fingerprint density at radius 3 is 2.67 bits per heavy atom. The van der Waals surface area contributed by atoms with E-state index in [1.165, 1.54) is 0 Å². The predicted octanol–water partition coefficient (Wildman–Crippen LogP) is 2.43. The van der Waals surface area contributed by atoms with E-state index in [4.69, 9.17) is 5.10 Å². The zero-order chi connectivity index (χ0) is 20.5. The van der Waals surface area contributed by atoms with Crippen molar-refractivity contribution in [3.05, 3.63) is 54.9 Å². The molecule has 1 fully saturated rings. The van der Waals surface area contributed by atoms with Gasteiger partial charge in [-0.25, -0.2) is 9.97 Å². The van der Waals surface area contributed by atoms with Gasteiger partial charge in [0.2, 0.25) is 0 Å². The normalized spacial score (nSPS) is 14.9. The fourth-order valence-electron chi connectivity index (χ4n) is 3.85. The Kier molecular flexibility index (Phi) is 4.70. The van der Waals surface area contributed by atoms with E-state index in [9.17, 15) is 0 Å². The molecule has 0 aliphatic carbocycles. The van der Waals surface area contributed by atoms with Gasteiger partial charge in [-0.05, 0) is 37.1 Å². The zero-order valence-corrected chi connectivity index (χ0v) is 17.0. The molecule has 0 saturated carbocycles. The summed E-state index contributed by atoms with van der Waals surface area (Å²) in [7, 11) is 3.98. The molecule has 0 N–H and O–H groups in total. The van der Waals surface area contributed by atoms with Crippen LogP contribution in [0.5, 0.6) is 0 Å². The number of pyridine rings is 1. The molecular weight excluding hydrogens is 378 g/mol. The highest BCUT2D eigenvalue weighted by Crippen LogP contribution is 2.30. The topological polar surface area (TPSA) is 88.2 Å². The first-order valence-corrected chi connectivity index (χ1v) is 10.1. The fourth-order valence-corrected chi connectivity index (χ4v) is 3.85. The fraction of sp³-hybridized carbons (Fsp3) is 0.333. The van der Waals surface area contributed by atoms with Crippen molar-refractivity contribution < 1.29 is 0 Å². The monoisotopic (exact) mass is 401 g/mol. The second-order valence-electron chi connectivity index (χ2n) is 7.68. The zero-order valence-electron chi connectivity index (χ0n) is 17.0. The minimum Gasteiger partial charge on any atom is -0.363 e. The number of rotatable bonds is 4. The van der Waals surface area contributed by atoms with Gasteiger partial charge in [0.25, 0.3) is 0 Å². The maximum absolute atomic E-state index is 4.80. The average Bonchev–Trinajstić information content (AvgIpc) is 3.23. The lowest BCUT2D eigenvalue weighted by Crippen LogP contribution is -2.34. The van der Waals surface area contributed by atoms with E-state index in [1.54, 1.807) is 12.5 Å². The maximum atomic E-state index is 4.80. The second-order valence-corrected chi connectivity index (χ2v) is 7.68. The molecule has 0 bridgehead atoms. The highest BCUT2D eigenvalue weighted by atomic mass is 15.4. The summed E-state index contributed by atoms with van der Waals surface area (Å²) in [6.45, 7) is 1.82.